The van der Waals surface area contributed by atoms with Crippen LogP contribution in [0.2, 0.25) is 0 Å². The van der Waals surface area contributed by atoms with E-state index in [4.69, 9.17) is 0 Å². The Kier molecular flexibility index (Phi) is 2.14. The third kappa shape index (κ3) is 1.41. The van der Waals surface area contributed by atoms with E-state index in [0.29, 0.717) is 5.54 Å². The molecular weight excluding hydrogens is 172 g/mol. The number of rotatable bonds is 1. The van der Waals surface area contributed by atoms with Gasteiger partial charge in [-0.2, -0.15) is 0 Å². The summed E-state index contributed by atoms with van der Waals surface area (Å²) in [4.78, 5) is 2.64. The molecule has 2 heterocycles. The normalized spacial score (nSPS) is 36.1. The molecule has 3 rings (SSSR count). The van der Waals surface area contributed by atoms with Gasteiger partial charge in [-0.05, 0) is 38.6 Å². The molecule has 78 valence electrons. The van der Waals surface area contributed by atoms with Crippen LogP contribution in [0.4, 0.5) is 0 Å². The van der Waals surface area contributed by atoms with Gasteiger partial charge in [0.15, 0.2) is 0 Å². The highest BCUT2D eigenvalue weighted by molar-refractivity contribution is 5.05. The summed E-state index contributed by atoms with van der Waals surface area (Å²) in [6.07, 6.45) is 11.7. The number of piperidine rings is 1. The molecule has 0 bridgehead atoms. The molecule has 2 nitrogen and oxygen atoms in total. The van der Waals surface area contributed by atoms with Crippen LogP contribution in [0.15, 0.2) is 12.2 Å². The quantitative estimate of drug-likeness (QED) is 0.634. The van der Waals surface area contributed by atoms with E-state index in [1.165, 1.54) is 51.7 Å². The lowest BCUT2D eigenvalue weighted by Crippen LogP contribution is -2.59. The summed E-state index contributed by atoms with van der Waals surface area (Å²) in [6, 6.07) is 0.853. The predicted molar refractivity (Wildman–Crippen MR) is 58.3 cm³/mol. The summed E-state index contributed by atoms with van der Waals surface area (Å²) in [6.45, 7) is 3.63. The molecule has 0 amide bonds. The van der Waals surface area contributed by atoms with Crippen LogP contribution in [0.25, 0.3) is 0 Å². The third-order valence-corrected chi connectivity index (χ3v) is 4.28. The van der Waals surface area contributed by atoms with Gasteiger partial charge < -0.3 is 5.32 Å². The summed E-state index contributed by atoms with van der Waals surface area (Å²) in [7, 11) is 0. The van der Waals surface area contributed by atoms with E-state index >= 15 is 0 Å². The first-order valence-corrected chi connectivity index (χ1v) is 6.02. The Bertz CT molecular complexity index is 235. The molecule has 0 aromatic carbocycles. The van der Waals surface area contributed by atoms with Crippen molar-refractivity contribution in [3.05, 3.63) is 12.2 Å². The summed E-state index contributed by atoms with van der Waals surface area (Å²) < 4.78 is 0. The maximum atomic E-state index is 3.74. The van der Waals surface area contributed by atoms with Crippen molar-refractivity contribution in [2.45, 2.75) is 43.7 Å². The SMILES string of the molecule is C1=CCN(C2CCNC3(CCC3)C2)C1. The lowest BCUT2D eigenvalue weighted by Gasteiger charge is -2.50. The van der Waals surface area contributed by atoms with Crippen molar-refractivity contribution in [3.8, 4) is 0 Å². The molecule has 1 saturated heterocycles. The van der Waals surface area contributed by atoms with Crippen LogP contribution in [0.1, 0.15) is 32.1 Å². The topological polar surface area (TPSA) is 15.3 Å². The fourth-order valence-electron chi connectivity index (χ4n) is 3.22. The van der Waals surface area contributed by atoms with Crippen LogP contribution in [-0.2, 0) is 0 Å². The number of nitrogens with zero attached hydrogens (tertiary/aromatic N) is 1. The summed E-state index contributed by atoms with van der Waals surface area (Å²) >= 11 is 0. The van der Waals surface area contributed by atoms with Gasteiger partial charge in [-0.3, -0.25) is 4.90 Å². The number of nitrogens with one attached hydrogen (secondary N) is 1. The molecule has 1 saturated carbocycles. The van der Waals surface area contributed by atoms with Gasteiger partial charge in [0.05, 0.1) is 0 Å². The maximum absolute atomic E-state index is 3.74. The van der Waals surface area contributed by atoms with Crippen LogP contribution in [-0.4, -0.2) is 36.1 Å². The molecule has 2 fully saturated rings. The second-order valence-corrected chi connectivity index (χ2v) is 5.13. The first-order chi connectivity index (χ1) is 6.88. The highest BCUT2D eigenvalue weighted by Crippen LogP contribution is 2.39. The summed E-state index contributed by atoms with van der Waals surface area (Å²) in [5, 5.41) is 3.74. The first-order valence-electron chi connectivity index (χ1n) is 6.02. The molecule has 1 unspecified atom stereocenters. The van der Waals surface area contributed by atoms with E-state index in [9.17, 15) is 0 Å². The molecule has 14 heavy (non-hydrogen) atoms. The van der Waals surface area contributed by atoms with Crippen LogP contribution < -0.4 is 5.32 Å². The maximum Gasteiger partial charge on any atom is 0.0196 e. The van der Waals surface area contributed by atoms with Gasteiger partial charge in [0.1, 0.15) is 0 Å². The van der Waals surface area contributed by atoms with Crippen LogP contribution in [0, 0.1) is 0 Å². The molecule has 0 aromatic rings. The Hall–Kier alpha value is -0.340. The molecule has 1 N–H and O–H groups in total. The van der Waals surface area contributed by atoms with Gasteiger partial charge in [0.2, 0.25) is 0 Å². The third-order valence-electron chi connectivity index (χ3n) is 4.28. The van der Waals surface area contributed by atoms with E-state index in [0.717, 1.165) is 6.04 Å². The number of hydrogen-bond donors (Lipinski definition) is 1. The standard InChI is InChI=1S/C12H20N2/c1-2-9-14(8-1)11-4-7-13-12(10-11)5-3-6-12/h1-2,11,13H,3-10H2. The van der Waals surface area contributed by atoms with Gasteiger partial charge in [0, 0.05) is 24.7 Å². The van der Waals surface area contributed by atoms with Gasteiger partial charge in [-0.1, -0.05) is 12.2 Å². The lowest BCUT2D eigenvalue weighted by molar-refractivity contribution is 0.0750. The second-order valence-electron chi connectivity index (χ2n) is 5.13. The van der Waals surface area contributed by atoms with Gasteiger partial charge in [-0.15, -0.1) is 0 Å². The highest BCUT2D eigenvalue weighted by Gasteiger charge is 2.42. The van der Waals surface area contributed by atoms with E-state index in [2.05, 4.69) is 22.4 Å². The Morgan fingerprint density at radius 2 is 2.00 bits per heavy atom. The fourth-order valence-corrected chi connectivity index (χ4v) is 3.22. The van der Waals surface area contributed by atoms with E-state index in [1.807, 2.05) is 0 Å². The van der Waals surface area contributed by atoms with Crippen LogP contribution in [0.3, 0.4) is 0 Å². The van der Waals surface area contributed by atoms with E-state index < -0.39 is 0 Å². The molecule has 1 atom stereocenters. The molecule has 3 aliphatic rings. The van der Waals surface area contributed by atoms with Crippen molar-refractivity contribution < 1.29 is 0 Å². The molecule has 1 spiro atoms. The van der Waals surface area contributed by atoms with Gasteiger partial charge >= 0.3 is 0 Å². The Balaban J connectivity index is 1.63. The Labute approximate surface area is 86.4 Å². The minimum atomic E-state index is 0.561. The van der Waals surface area contributed by atoms with Crippen molar-refractivity contribution in [1.82, 2.24) is 10.2 Å². The fraction of sp³-hybridized carbons (Fsp3) is 0.833. The van der Waals surface area contributed by atoms with Crippen molar-refractivity contribution in [3.63, 3.8) is 0 Å². The summed E-state index contributed by atoms with van der Waals surface area (Å²) in [5.74, 6) is 0. The van der Waals surface area contributed by atoms with Crippen LogP contribution >= 0.6 is 0 Å². The average Bonchev–Trinajstić information content (AvgIpc) is 2.68. The van der Waals surface area contributed by atoms with E-state index in [1.54, 1.807) is 0 Å². The van der Waals surface area contributed by atoms with Gasteiger partial charge in [0.25, 0.3) is 0 Å². The zero-order chi connectivity index (χ0) is 9.43. The van der Waals surface area contributed by atoms with Crippen molar-refractivity contribution in [2.75, 3.05) is 19.6 Å². The average molecular weight is 192 g/mol. The molecule has 1 aliphatic carbocycles. The predicted octanol–water partition coefficient (Wildman–Crippen LogP) is 1.53. The monoisotopic (exact) mass is 192 g/mol. The molecular formula is C12H20N2. The Morgan fingerprint density at radius 1 is 1.21 bits per heavy atom. The molecule has 2 heteroatoms. The number of hydrogen-bond acceptors (Lipinski definition) is 2. The lowest BCUT2D eigenvalue weighted by atomic mass is 9.70. The zero-order valence-corrected chi connectivity index (χ0v) is 8.84. The van der Waals surface area contributed by atoms with Gasteiger partial charge in [-0.25, -0.2) is 0 Å². The van der Waals surface area contributed by atoms with Crippen molar-refractivity contribution in [2.24, 2.45) is 0 Å². The van der Waals surface area contributed by atoms with Crippen molar-refractivity contribution >= 4 is 0 Å². The molecule has 0 aromatic heterocycles. The molecule has 0 radical (unpaired) electrons. The highest BCUT2D eigenvalue weighted by atomic mass is 15.2. The first kappa shape index (κ1) is 8.93. The second kappa shape index (κ2) is 3.35. The van der Waals surface area contributed by atoms with Crippen molar-refractivity contribution in [1.29, 1.82) is 0 Å². The minimum Gasteiger partial charge on any atom is -0.311 e. The van der Waals surface area contributed by atoms with Crippen LogP contribution in [0.5, 0.6) is 0 Å². The Morgan fingerprint density at radius 3 is 2.64 bits per heavy atom. The van der Waals surface area contributed by atoms with E-state index in [-0.39, 0.29) is 0 Å². The zero-order valence-electron chi connectivity index (χ0n) is 8.84. The molecule has 2 aliphatic heterocycles. The minimum absolute atomic E-state index is 0.561. The smallest absolute Gasteiger partial charge is 0.0196 e. The largest absolute Gasteiger partial charge is 0.311 e. The summed E-state index contributed by atoms with van der Waals surface area (Å²) in [5.41, 5.74) is 0.561.